The van der Waals surface area contributed by atoms with Gasteiger partial charge >= 0.3 is 5.97 Å². The summed E-state index contributed by atoms with van der Waals surface area (Å²) in [5, 5.41) is 9.62. The zero-order chi connectivity index (χ0) is 15.4. The first-order valence-corrected chi connectivity index (χ1v) is 7.33. The van der Waals surface area contributed by atoms with Crippen LogP contribution in [0.25, 0.3) is 0 Å². The van der Waals surface area contributed by atoms with E-state index in [-0.39, 0.29) is 0 Å². The normalized spacial score (nSPS) is 12.1. The van der Waals surface area contributed by atoms with Crippen molar-refractivity contribution in [1.29, 1.82) is 0 Å². The van der Waals surface area contributed by atoms with E-state index in [4.69, 9.17) is 0 Å². The third-order valence-corrected chi connectivity index (χ3v) is 3.95. The van der Waals surface area contributed by atoms with Gasteiger partial charge in [-0.25, -0.2) is 0 Å². The van der Waals surface area contributed by atoms with E-state index >= 15 is 0 Å². The Balaban J connectivity index is 2.26. The minimum atomic E-state index is -0.735. The highest BCUT2D eigenvalue weighted by atomic mass is 16.4. The summed E-state index contributed by atoms with van der Waals surface area (Å²) in [7, 11) is 0. The number of carboxylic acid groups (broad SMARTS) is 1. The molecule has 0 spiro atoms. The van der Waals surface area contributed by atoms with Crippen molar-refractivity contribution in [3.8, 4) is 0 Å². The van der Waals surface area contributed by atoms with E-state index in [1.54, 1.807) is 0 Å². The second kappa shape index (κ2) is 6.57. The minimum absolute atomic E-state index is 0.439. The number of aliphatic carboxylic acids is 1. The van der Waals surface area contributed by atoms with Gasteiger partial charge in [0.05, 0.1) is 5.92 Å². The van der Waals surface area contributed by atoms with Crippen molar-refractivity contribution in [3.63, 3.8) is 0 Å². The van der Waals surface area contributed by atoms with Crippen LogP contribution in [0, 0.1) is 20.8 Å². The lowest BCUT2D eigenvalue weighted by Crippen LogP contribution is -2.15. The largest absolute Gasteiger partial charge is 0.481 e. The molecule has 2 heteroatoms. The molecule has 0 saturated heterocycles. The highest BCUT2D eigenvalue weighted by Crippen LogP contribution is 2.29. The van der Waals surface area contributed by atoms with Crippen LogP contribution in [0.5, 0.6) is 0 Å². The maximum atomic E-state index is 11.7. The van der Waals surface area contributed by atoms with Crippen LogP contribution in [0.4, 0.5) is 0 Å². The summed E-state index contributed by atoms with van der Waals surface area (Å²) < 4.78 is 0. The van der Waals surface area contributed by atoms with E-state index in [9.17, 15) is 9.90 Å². The number of rotatable bonds is 5. The first-order valence-electron chi connectivity index (χ1n) is 7.33. The van der Waals surface area contributed by atoms with E-state index < -0.39 is 11.9 Å². The van der Waals surface area contributed by atoms with Crippen LogP contribution in [0.1, 0.15) is 40.2 Å². The van der Waals surface area contributed by atoms with E-state index in [1.807, 2.05) is 51.1 Å². The van der Waals surface area contributed by atoms with Crippen molar-refractivity contribution >= 4 is 5.97 Å². The Morgan fingerprint density at radius 2 is 1.62 bits per heavy atom. The van der Waals surface area contributed by atoms with Crippen LogP contribution in [-0.2, 0) is 11.2 Å². The van der Waals surface area contributed by atoms with Gasteiger partial charge in [-0.1, -0.05) is 48.0 Å². The summed E-state index contributed by atoms with van der Waals surface area (Å²) in [5.41, 5.74) is 5.50. The molecule has 0 radical (unpaired) electrons. The SMILES string of the molecule is Cc1cc(C)c(C(CCc2ccccc2)C(=O)O)c(C)c1. The zero-order valence-corrected chi connectivity index (χ0v) is 12.9. The fourth-order valence-electron chi connectivity index (χ4n) is 3.09. The van der Waals surface area contributed by atoms with Gasteiger partial charge in [0, 0.05) is 0 Å². The maximum Gasteiger partial charge on any atom is 0.311 e. The summed E-state index contributed by atoms with van der Waals surface area (Å²) in [6.07, 6.45) is 1.41. The van der Waals surface area contributed by atoms with E-state index in [2.05, 4.69) is 12.1 Å². The van der Waals surface area contributed by atoms with Gasteiger partial charge < -0.3 is 5.11 Å². The van der Waals surface area contributed by atoms with Crippen LogP contribution in [0.3, 0.4) is 0 Å². The Morgan fingerprint density at radius 3 is 2.14 bits per heavy atom. The van der Waals surface area contributed by atoms with Crippen LogP contribution in [0.15, 0.2) is 42.5 Å². The lowest BCUT2D eigenvalue weighted by atomic mass is 9.86. The van der Waals surface area contributed by atoms with E-state index in [0.29, 0.717) is 6.42 Å². The first-order chi connectivity index (χ1) is 9.99. The van der Waals surface area contributed by atoms with E-state index in [0.717, 1.165) is 23.1 Å². The maximum absolute atomic E-state index is 11.7. The smallest absolute Gasteiger partial charge is 0.311 e. The number of hydrogen-bond donors (Lipinski definition) is 1. The molecule has 0 saturated carbocycles. The van der Waals surface area contributed by atoms with Crippen molar-refractivity contribution in [3.05, 3.63) is 70.3 Å². The van der Waals surface area contributed by atoms with Gasteiger partial charge in [-0.2, -0.15) is 0 Å². The number of carboxylic acids is 1. The van der Waals surface area contributed by atoms with Gasteiger partial charge in [-0.3, -0.25) is 4.79 Å². The van der Waals surface area contributed by atoms with Crippen molar-refractivity contribution < 1.29 is 9.90 Å². The second-order valence-corrected chi connectivity index (χ2v) is 5.73. The summed E-state index contributed by atoms with van der Waals surface area (Å²) >= 11 is 0. The molecule has 2 rings (SSSR count). The minimum Gasteiger partial charge on any atom is -0.481 e. The van der Waals surface area contributed by atoms with Gasteiger partial charge in [0.25, 0.3) is 0 Å². The van der Waals surface area contributed by atoms with E-state index in [1.165, 1.54) is 11.1 Å². The predicted molar refractivity (Wildman–Crippen MR) is 85.8 cm³/mol. The molecular weight excluding hydrogens is 260 g/mol. The van der Waals surface area contributed by atoms with Gasteiger partial charge in [0.2, 0.25) is 0 Å². The molecule has 0 bridgehead atoms. The van der Waals surface area contributed by atoms with Crippen LogP contribution in [-0.4, -0.2) is 11.1 Å². The topological polar surface area (TPSA) is 37.3 Å². The summed E-state index contributed by atoms with van der Waals surface area (Å²) in [6, 6.07) is 14.2. The molecule has 110 valence electrons. The predicted octanol–water partition coefficient (Wildman–Crippen LogP) is 4.41. The van der Waals surface area contributed by atoms with Crippen molar-refractivity contribution in [2.24, 2.45) is 0 Å². The Hall–Kier alpha value is -2.09. The third-order valence-electron chi connectivity index (χ3n) is 3.95. The number of benzene rings is 2. The summed E-state index contributed by atoms with van der Waals surface area (Å²) in [6.45, 7) is 6.06. The van der Waals surface area contributed by atoms with Crippen molar-refractivity contribution in [1.82, 2.24) is 0 Å². The Kier molecular flexibility index (Phi) is 4.79. The molecule has 21 heavy (non-hydrogen) atoms. The van der Waals surface area contributed by atoms with Crippen LogP contribution >= 0.6 is 0 Å². The van der Waals surface area contributed by atoms with Gasteiger partial charge in [-0.15, -0.1) is 0 Å². The quantitative estimate of drug-likeness (QED) is 0.881. The molecule has 2 aromatic rings. The first kappa shape index (κ1) is 15.3. The summed E-state index contributed by atoms with van der Waals surface area (Å²) in [5.74, 6) is -1.17. The number of carbonyl (C=O) groups is 1. The van der Waals surface area contributed by atoms with Crippen molar-refractivity contribution in [2.75, 3.05) is 0 Å². The Morgan fingerprint density at radius 1 is 1.05 bits per heavy atom. The molecule has 1 unspecified atom stereocenters. The second-order valence-electron chi connectivity index (χ2n) is 5.73. The molecule has 2 nitrogen and oxygen atoms in total. The lowest BCUT2D eigenvalue weighted by Gasteiger charge is -2.19. The summed E-state index contributed by atoms with van der Waals surface area (Å²) in [4.78, 5) is 11.7. The average Bonchev–Trinajstić information content (AvgIpc) is 2.42. The third kappa shape index (κ3) is 3.72. The molecule has 1 atom stereocenters. The molecule has 0 fully saturated rings. The Bertz CT molecular complexity index is 606. The molecular formula is C19H22O2. The molecule has 2 aromatic carbocycles. The molecule has 0 aromatic heterocycles. The molecule has 0 aliphatic carbocycles. The number of aryl methyl sites for hydroxylation is 4. The fourth-order valence-corrected chi connectivity index (χ4v) is 3.09. The highest BCUT2D eigenvalue weighted by molar-refractivity contribution is 5.77. The fraction of sp³-hybridized carbons (Fsp3) is 0.316. The van der Waals surface area contributed by atoms with Crippen LogP contribution in [0.2, 0.25) is 0 Å². The molecule has 1 N–H and O–H groups in total. The van der Waals surface area contributed by atoms with Crippen molar-refractivity contribution in [2.45, 2.75) is 39.5 Å². The van der Waals surface area contributed by atoms with Gasteiger partial charge in [-0.05, 0) is 55.9 Å². The van der Waals surface area contributed by atoms with Gasteiger partial charge in [0.15, 0.2) is 0 Å². The highest BCUT2D eigenvalue weighted by Gasteiger charge is 2.23. The van der Waals surface area contributed by atoms with Crippen LogP contribution < -0.4 is 0 Å². The lowest BCUT2D eigenvalue weighted by molar-refractivity contribution is -0.139. The monoisotopic (exact) mass is 282 g/mol. The zero-order valence-electron chi connectivity index (χ0n) is 12.9. The Labute approximate surface area is 126 Å². The average molecular weight is 282 g/mol. The molecule has 0 aliphatic rings. The molecule has 0 heterocycles. The molecule has 0 amide bonds. The number of hydrogen-bond acceptors (Lipinski definition) is 1. The molecule has 0 aliphatic heterocycles. The standard InChI is InChI=1S/C19H22O2/c1-13-11-14(2)18(15(3)12-13)17(19(20)21)10-9-16-7-5-4-6-8-16/h4-8,11-12,17H,9-10H2,1-3H3,(H,20,21). The van der Waals surface area contributed by atoms with Gasteiger partial charge in [0.1, 0.15) is 0 Å².